The number of rotatable bonds is 5. The fraction of sp³-hybridized carbons (Fsp3) is 0.300. The fourth-order valence-electron chi connectivity index (χ4n) is 3.33. The van der Waals surface area contributed by atoms with Crippen LogP contribution in [0.5, 0.6) is 0 Å². The van der Waals surface area contributed by atoms with Gasteiger partial charge in [-0.2, -0.15) is 0 Å². The highest BCUT2D eigenvalue weighted by Gasteiger charge is 2.42. The van der Waals surface area contributed by atoms with E-state index >= 15 is 0 Å². The summed E-state index contributed by atoms with van der Waals surface area (Å²) in [6.45, 7) is 0.124. The van der Waals surface area contributed by atoms with Gasteiger partial charge < -0.3 is 15.3 Å². The van der Waals surface area contributed by atoms with Crippen molar-refractivity contribution in [3.05, 3.63) is 71.8 Å². The third-order valence-electron chi connectivity index (χ3n) is 4.72. The number of carbonyl (C=O) groups excluding carboxylic acids is 2. The summed E-state index contributed by atoms with van der Waals surface area (Å²) in [5.74, 6) is -0.706. The molecular formula is C20H22N2O3. The minimum atomic E-state index is -0.768. The summed E-state index contributed by atoms with van der Waals surface area (Å²) in [7, 11) is 1.73. The second-order valence-corrected chi connectivity index (χ2v) is 6.34. The highest BCUT2D eigenvalue weighted by molar-refractivity contribution is 5.90. The number of aliphatic hydroxyl groups is 1. The Morgan fingerprint density at radius 3 is 2.40 bits per heavy atom. The first kappa shape index (κ1) is 17.2. The van der Waals surface area contributed by atoms with Crippen LogP contribution in [0.3, 0.4) is 0 Å². The fourth-order valence-corrected chi connectivity index (χ4v) is 3.33. The van der Waals surface area contributed by atoms with Crippen LogP contribution in [-0.4, -0.2) is 35.4 Å². The summed E-state index contributed by atoms with van der Waals surface area (Å²) in [6.07, 6.45) is -0.585. The number of hydrogen-bond donors (Lipinski definition) is 2. The molecule has 5 heteroatoms. The van der Waals surface area contributed by atoms with E-state index in [1.165, 1.54) is 0 Å². The number of hydrogen-bond acceptors (Lipinski definition) is 3. The number of carbonyl (C=O) groups is 2. The molecule has 2 aromatic rings. The SMILES string of the molecule is CN1C(=O)C[C@@H](C(=O)NC[C@H](O)c2ccccc2)[C@@H]1c1ccccc1. The van der Waals surface area contributed by atoms with Crippen molar-refractivity contribution >= 4 is 11.8 Å². The second-order valence-electron chi connectivity index (χ2n) is 6.34. The largest absolute Gasteiger partial charge is 0.387 e. The van der Waals surface area contributed by atoms with Gasteiger partial charge in [0.25, 0.3) is 0 Å². The maximum absolute atomic E-state index is 12.7. The van der Waals surface area contributed by atoms with Crippen molar-refractivity contribution in [1.29, 1.82) is 0 Å². The summed E-state index contributed by atoms with van der Waals surface area (Å²) >= 11 is 0. The smallest absolute Gasteiger partial charge is 0.226 e. The van der Waals surface area contributed by atoms with E-state index in [2.05, 4.69) is 5.32 Å². The Morgan fingerprint density at radius 2 is 1.76 bits per heavy atom. The zero-order chi connectivity index (χ0) is 17.8. The van der Waals surface area contributed by atoms with E-state index < -0.39 is 12.0 Å². The van der Waals surface area contributed by atoms with Gasteiger partial charge in [-0.1, -0.05) is 60.7 Å². The van der Waals surface area contributed by atoms with Gasteiger partial charge in [-0.3, -0.25) is 9.59 Å². The third kappa shape index (κ3) is 3.72. The van der Waals surface area contributed by atoms with Crippen molar-refractivity contribution in [3.63, 3.8) is 0 Å². The molecule has 5 nitrogen and oxygen atoms in total. The molecule has 0 unspecified atom stereocenters. The van der Waals surface area contributed by atoms with Crippen LogP contribution in [0.1, 0.15) is 29.7 Å². The average molecular weight is 338 g/mol. The minimum Gasteiger partial charge on any atom is -0.387 e. The number of amides is 2. The minimum absolute atomic E-state index is 0.0439. The van der Waals surface area contributed by atoms with E-state index in [1.807, 2.05) is 60.7 Å². The third-order valence-corrected chi connectivity index (χ3v) is 4.72. The van der Waals surface area contributed by atoms with E-state index in [0.29, 0.717) is 0 Å². The number of likely N-dealkylation sites (tertiary alicyclic amines) is 1. The van der Waals surface area contributed by atoms with Crippen LogP contribution in [0.4, 0.5) is 0 Å². The lowest BCUT2D eigenvalue weighted by molar-refractivity contribution is -0.128. The van der Waals surface area contributed by atoms with Crippen molar-refractivity contribution in [2.24, 2.45) is 5.92 Å². The maximum Gasteiger partial charge on any atom is 0.226 e. The molecule has 3 rings (SSSR count). The molecule has 2 N–H and O–H groups in total. The molecule has 1 aliphatic rings. The van der Waals surface area contributed by atoms with E-state index in [1.54, 1.807) is 11.9 Å². The highest BCUT2D eigenvalue weighted by Crippen LogP contribution is 2.37. The second kappa shape index (κ2) is 7.49. The number of aliphatic hydroxyl groups excluding tert-OH is 1. The Hall–Kier alpha value is -2.66. The molecule has 3 atom stereocenters. The van der Waals surface area contributed by atoms with Crippen molar-refractivity contribution in [3.8, 4) is 0 Å². The number of benzene rings is 2. The summed E-state index contributed by atoms with van der Waals surface area (Å²) < 4.78 is 0. The molecule has 130 valence electrons. The van der Waals surface area contributed by atoms with Gasteiger partial charge in [0, 0.05) is 20.0 Å². The van der Waals surface area contributed by atoms with E-state index in [9.17, 15) is 14.7 Å². The Bertz CT molecular complexity index is 733. The molecule has 1 fully saturated rings. The zero-order valence-corrected chi connectivity index (χ0v) is 14.1. The summed E-state index contributed by atoms with van der Waals surface area (Å²) in [4.78, 5) is 26.4. The van der Waals surface area contributed by atoms with Crippen molar-refractivity contribution in [1.82, 2.24) is 10.2 Å². The maximum atomic E-state index is 12.7. The lowest BCUT2D eigenvalue weighted by Gasteiger charge is -2.25. The van der Waals surface area contributed by atoms with Gasteiger partial charge in [-0.25, -0.2) is 0 Å². The first-order valence-corrected chi connectivity index (χ1v) is 8.39. The van der Waals surface area contributed by atoms with E-state index in [0.717, 1.165) is 11.1 Å². The Morgan fingerprint density at radius 1 is 1.16 bits per heavy atom. The molecular weight excluding hydrogens is 316 g/mol. The molecule has 1 aliphatic heterocycles. The molecule has 0 bridgehead atoms. The monoisotopic (exact) mass is 338 g/mol. The lowest BCUT2D eigenvalue weighted by Crippen LogP contribution is -2.36. The first-order chi connectivity index (χ1) is 12.1. The van der Waals surface area contributed by atoms with Gasteiger partial charge in [0.2, 0.25) is 11.8 Å². The molecule has 2 amide bonds. The van der Waals surface area contributed by atoms with Gasteiger partial charge in [0.05, 0.1) is 18.1 Å². The first-order valence-electron chi connectivity index (χ1n) is 8.39. The molecule has 0 spiro atoms. The zero-order valence-electron chi connectivity index (χ0n) is 14.1. The van der Waals surface area contributed by atoms with Crippen LogP contribution in [0.15, 0.2) is 60.7 Å². The van der Waals surface area contributed by atoms with Crippen molar-refractivity contribution in [2.75, 3.05) is 13.6 Å². The number of nitrogens with zero attached hydrogens (tertiary/aromatic N) is 1. The summed E-state index contributed by atoms with van der Waals surface area (Å²) in [5.41, 5.74) is 1.70. The van der Waals surface area contributed by atoms with Gasteiger partial charge in [-0.05, 0) is 11.1 Å². The molecule has 1 heterocycles. The van der Waals surface area contributed by atoms with Gasteiger partial charge in [0.15, 0.2) is 0 Å². The predicted octanol–water partition coefficient (Wildman–Crippen LogP) is 2.06. The molecule has 1 saturated heterocycles. The highest BCUT2D eigenvalue weighted by atomic mass is 16.3. The van der Waals surface area contributed by atoms with Crippen molar-refractivity contribution in [2.45, 2.75) is 18.6 Å². The van der Waals surface area contributed by atoms with E-state index in [4.69, 9.17) is 0 Å². The van der Waals surface area contributed by atoms with Crippen LogP contribution in [0.2, 0.25) is 0 Å². The van der Waals surface area contributed by atoms with Crippen LogP contribution in [0, 0.1) is 5.92 Å². The number of nitrogens with one attached hydrogen (secondary N) is 1. The van der Waals surface area contributed by atoms with Crippen molar-refractivity contribution < 1.29 is 14.7 Å². The van der Waals surface area contributed by atoms with Crippen LogP contribution >= 0.6 is 0 Å². The van der Waals surface area contributed by atoms with Gasteiger partial charge in [-0.15, -0.1) is 0 Å². The summed E-state index contributed by atoms with van der Waals surface area (Å²) in [5, 5.41) is 13.0. The molecule has 2 aromatic carbocycles. The Balaban J connectivity index is 1.69. The molecule has 0 saturated carbocycles. The van der Waals surface area contributed by atoms with Gasteiger partial charge in [0.1, 0.15) is 0 Å². The lowest BCUT2D eigenvalue weighted by atomic mass is 9.93. The van der Waals surface area contributed by atoms with E-state index in [-0.39, 0.29) is 30.8 Å². The topological polar surface area (TPSA) is 69.6 Å². The van der Waals surface area contributed by atoms with Crippen LogP contribution < -0.4 is 5.32 Å². The summed E-state index contributed by atoms with van der Waals surface area (Å²) in [6, 6.07) is 18.5. The van der Waals surface area contributed by atoms with Crippen LogP contribution in [-0.2, 0) is 9.59 Å². The van der Waals surface area contributed by atoms with Crippen LogP contribution in [0.25, 0.3) is 0 Å². The predicted molar refractivity (Wildman–Crippen MR) is 94.5 cm³/mol. The molecule has 25 heavy (non-hydrogen) atoms. The molecule has 0 aliphatic carbocycles. The normalized spacial score (nSPS) is 21.2. The average Bonchev–Trinajstić information content (AvgIpc) is 2.96. The Kier molecular flexibility index (Phi) is 5.14. The molecule has 0 radical (unpaired) electrons. The quantitative estimate of drug-likeness (QED) is 0.877. The molecule has 0 aromatic heterocycles. The Labute approximate surface area is 147 Å². The van der Waals surface area contributed by atoms with Gasteiger partial charge >= 0.3 is 0 Å². The standard InChI is InChI=1S/C20H22N2O3/c1-22-18(24)12-16(19(22)15-10-6-3-7-11-15)20(25)21-13-17(23)14-8-4-2-5-9-14/h2-11,16-17,19,23H,12-13H2,1H3,(H,21,25)/t16-,17+,19+/m1/s1.